The number of aliphatic hydroxyl groups excluding tert-OH is 1. The van der Waals surface area contributed by atoms with Crippen molar-refractivity contribution in [2.45, 2.75) is 33.1 Å². The Kier molecular flexibility index (Phi) is 4.73. The van der Waals surface area contributed by atoms with E-state index < -0.39 is 5.97 Å². The first-order chi connectivity index (χ1) is 8.42. The summed E-state index contributed by atoms with van der Waals surface area (Å²) in [6.45, 7) is 5.62. The molecule has 0 aromatic heterocycles. The number of benzene rings is 1. The average molecular weight is 252 g/mol. The van der Waals surface area contributed by atoms with E-state index in [2.05, 4.69) is 0 Å². The van der Waals surface area contributed by atoms with Crippen molar-refractivity contribution in [2.75, 3.05) is 13.7 Å². The predicted molar refractivity (Wildman–Crippen MR) is 69.3 cm³/mol. The van der Waals surface area contributed by atoms with Gasteiger partial charge in [0, 0.05) is 5.92 Å². The van der Waals surface area contributed by atoms with Crippen molar-refractivity contribution < 1.29 is 19.7 Å². The van der Waals surface area contributed by atoms with Gasteiger partial charge in [0.25, 0.3) is 0 Å². The van der Waals surface area contributed by atoms with Gasteiger partial charge in [-0.25, -0.2) is 0 Å². The highest BCUT2D eigenvalue weighted by molar-refractivity contribution is 5.68. The second-order valence-electron chi connectivity index (χ2n) is 4.54. The number of rotatable bonds is 5. The number of aliphatic carboxylic acids is 1. The molecule has 0 saturated carbocycles. The van der Waals surface area contributed by atoms with Crippen LogP contribution in [0.4, 0.5) is 0 Å². The lowest BCUT2D eigenvalue weighted by atomic mass is 9.86. The number of ether oxygens (including phenoxy) is 1. The summed E-state index contributed by atoms with van der Waals surface area (Å²) in [5, 5.41) is 18.3. The van der Waals surface area contributed by atoms with Gasteiger partial charge in [0.2, 0.25) is 0 Å². The maximum Gasteiger partial charge on any atom is 0.304 e. The summed E-state index contributed by atoms with van der Waals surface area (Å²) >= 11 is 0. The van der Waals surface area contributed by atoms with E-state index in [1.54, 1.807) is 7.11 Å². The van der Waals surface area contributed by atoms with Gasteiger partial charge in [-0.2, -0.15) is 0 Å². The summed E-state index contributed by atoms with van der Waals surface area (Å²) in [5.41, 5.74) is 3.85. The Balaban J connectivity index is 3.30. The van der Waals surface area contributed by atoms with Crippen LogP contribution in [0, 0.1) is 20.8 Å². The maximum absolute atomic E-state index is 10.8. The minimum atomic E-state index is -0.902. The van der Waals surface area contributed by atoms with Gasteiger partial charge in [-0.3, -0.25) is 4.79 Å². The van der Waals surface area contributed by atoms with Crippen LogP contribution in [0.5, 0.6) is 5.75 Å². The standard InChI is InChI=1S/C14H20O4/c1-8-5-12(18-4)9(2)10(3)14(8)11(7-15)6-13(16)17/h5,11,15H,6-7H2,1-4H3,(H,16,17). The number of hydrogen-bond acceptors (Lipinski definition) is 3. The quantitative estimate of drug-likeness (QED) is 0.842. The van der Waals surface area contributed by atoms with Crippen LogP contribution < -0.4 is 4.74 Å². The van der Waals surface area contributed by atoms with Gasteiger partial charge in [0.15, 0.2) is 0 Å². The molecule has 1 aromatic rings. The van der Waals surface area contributed by atoms with Gasteiger partial charge >= 0.3 is 5.97 Å². The highest BCUT2D eigenvalue weighted by Gasteiger charge is 2.21. The maximum atomic E-state index is 10.8. The Morgan fingerprint density at radius 2 is 1.94 bits per heavy atom. The predicted octanol–water partition coefficient (Wildman–Crippen LogP) is 2.17. The molecule has 0 heterocycles. The van der Waals surface area contributed by atoms with Crippen molar-refractivity contribution in [3.8, 4) is 5.75 Å². The number of aryl methyl sites for hydroxylation is 1. The van der Waals surface area contributed by atoms with E-state index in [1.807, 2.05) is 26.8 Å². The van der Waals surface area contributed by atoms with Crippen molar-refractivity contribution >= 4 is 5.97 Å². The van der Waals surface area contributed by atoms with Crippen LogP contribution in [0.3, 0.4) is 0 Å². The molecule has 0 bridgehead atoms. The molecule has 0 aliphatic carbocycles. The van der Waals surface area contributed by atoms with Gasteiger partial charge in [0.05, 0.1) is 20.1 Å². The molecule has 0 saturated heterocycles. The van der Waals surface area contributed by atoms with Crippen LogP contribution >= 0.6 is 0 Å². The average Bonchev–Trinajstić information content (AvgIpc) is 2.32. The van der Waals surface area contributed by atoms with Gasteiger partial charge in [-0.1, -0.05) is 0 Å². The molecule has 1 atom stereocenters. The first kappa shape index (κ1) is 14.5. The molecule has 0 fully saturated rings. The summed E-state index contributed by atoms with van der Waals surface area (Å²) in [6, 6.07) is 1.89. The molecule has 4 nitrogen and oxygen atoms in total. The second kappa shape index (κ2) is 5.87. The van der Waals surface area contributed by atoms with Crippen LogP contribution in [0.1, 0.15) is 34.6 Å². The third-order valence-electron chi connectivity index (χ3n) is 3.38. The normalized spacial score (nSPS) is 12.3. The smallest absolute Gasteiger partial charge is 0.304 e. The first-order valence-electron chi connectivity index (χ1n) is 5.89. The number of aliphatic hydroxyl groups is 1. The topological polar surface area (TPSA) is 66.8 Å². The van der Waals surface area contributed by atoms with Gasteiger partial charge in [-0.05, 0) is 49.1 Å². The van der Waals surface area contributed by atoms with E-state index in [0.29, 0.717) is 0 Å². The van der Waals surface area contributed by atoms with E-state index in [1.165, 1.54) is 0 Å². The lowest BCUT2D eigenvalue weighted by molar-refractivity contribution is -0.137. The fourth-order valence-electron chi connectivity index (χ4n) is 2.37. The number of carboxylic acids is 1. The van der Waals surface area contributed by atoms with Gasteiger partial charge < -0.3 is 14.9 Å². The van der Waals surface area contributed by atoms with Crippen molar-refractivity contribution in [3.05, 3.63) is 28.3 Å². The second-order valence-corrected chi connectivity index (χ2v) is 4.54. The number of carboxylic acid groups (broad SMARTS) is 1. The summed E-state index contributed by atoms with van der Waals surface area (Å²) < 4.78 is 5.28. The summed E-state index contributed by atoms with van der Waals surface area (Å²) in [6.07, 6.45) is -0.0655. The molecule has 1 aromatic carbocycles. The van der Waals surface area contributed by atoms with Gasteiger partial charge in [0.1, 0.15) is 5.75 Å². The Morgan fingerprint density at radius 3 is 2.39 bits per heavy atom. The SMILES string of the molecule is COc1cc(C)c(C(CO)CC(=O)O)c(C)c1C. The highest BCUT2D eigenvalue weighted by atomic mass is 16.5. The lowest BCUT2D eigenvalue weighted by Crippen LogP contribution is -2.14. The largest absolute Gasteiger partial charge is 0.496 e. The fraction of sp³-hybridized carbons (Fsp3) is 0.500. The molecular weight excluding hydrogens is 232 g/mol. The van der Waals surface area contributed by atoms with E-state index in [9.17, 15) is 9.90 Å². The van der Waals surface area contributed by atoms with Crippen molar-refractivity contribution in [1.29, 1.82) is 0 Å². The Labute approximate surface area is 107 Å². The van der Waals surface area contributed by atoms with E-state index in [-0.39, 0.29) is 18.9 Å². The molecule has 2 N–H and O–H groups in total. The number of carbonyl (C=O) groups is 1. The molecule has 100 valence electrons. The molecule has 1 rings (SSSR count). The Morgan fingerprint density at radius 1 is 1.33 bits per heavy atom. The molecule has 0 spiro atoms. The van der Waals surface area contributed by atoms with Crippen molar-refractivity contribution in [2.24, 2.45) is 0 Å². The molecule has 0 aliphatic rings. The molecule has 18 heavy (non-hydrogen) atoms. The monoisotopic (exact) mass is 252 g/mol. The van der Waals surface area contributed by atoms with Crippen molar-refractivity contribution in [3.63, 3.8) is 0 Å². The fourth-order valence-corrected chi connectivity index (χ4v) is 2.37. The first-order valence-corrected chi connectivity index (χ1v) is 5.89. The summed E-state index contributed by atoms with van der Waals surface area (Å²) in [4.78, 5) is 10.8. The molecule has 0 amide bonds. The van der Waals surface area contributed by atoms with Crippen LogP contribution in [-0.4, -0.2) is 29.9 Å². The molecule has 4 heteroatoms. The zero-order valence-corrected chi connectivity index (χ0v) is 11.3. The van der Waals surface area contributed by atoms with E-state index in [4.69, 9.17) is 9.84 Å². The Bertz CT molecular complexity index is 452. The van der Waals surface area contributed by atoms with Crippen LogP contribution in [0.25, 0.3) is 0 Å². The highest BCUT2D eigenvalue weighted by Crippen LogP contribution is 2.33. The molecule has 1 unspecified atom stereocenters. The summed E-state index contributed by atoms with van der Waals surface area (Å²) in [5.74, 6) is -0.478. The minimum Gasteiger partial charge on any atom is -0.496 e. The van der Waals surface area contributed by atoms with E-state index >= 15 is 0 Å². The lowest BCUT2D eigenvalue weighted by Gasteiger charge is -2.21. The van der Waals surface area contributed by atoms with Crippen LogP contribution in [0.15, 0.2) is 6.07 Å². The molecule has 0 radical (unpaired) electrons. The number of hydrogen-bond donors (Lipinski definition) is 2. The zero-order chi connectivity index (χ0) is 13.9. The van der Waals surface area contributed by atoms with Crippen molar-refractivity contribution in [1.82, 2.24) is 0 Å². The third-order valence-corrected chi connectivity index (χ3v) is 3.38. The number of methoxy groups -OCH3 is 1. The zero-order valence-electron chi connectivity index (χ0n) is 11.3. The Hall–Kier alpha value is -1.55. The summed E-state index contributed by atoms with van der Waals surface area (Å²) in [7, 11) is 1.61. The third kappa shape index (κ3) is 2.82. The van der Waals surface area contributed by atoms with Crippen LogP contribution in [-0.2, 0) is 4.79 Å². The molecule has 0 aliphatic heterocycles. The van der Waals surface area contributed by atoms with Crippen LogP contribution in [0.2, 0.25) is 0 Å². The molecular formula is C14H20O4. The van der Waals surface area contributed by atoms with E-state index in [0.717, 1.165) is 28.0 Å². The minimum absolute atomic E-state index is 0.0655. The van der Waals surface area contributed by atoms with Gasteiger partial charge in [-0.15, -0.1) is 0 Å².